The minimum absolute atomic E-state index is 0.0336. The molecule has 5 rings (SSSR count). The molecule has 0 unspecified atom stereocenters. The van der Waals surface area contributed by atoms with Gasteiger partial charge in [-0.2, -0.15) is 0 Å². The van der Waals surface area contributed by atoms with E-state index in [-0.39, 0.29) is 17.9 Å². The summed E-state index contributed by atoms with van der Waals surface area (Å²) in [6.07, 6.45) is 14.2. The summed E-state index contributed by atoms with van der Waals surface area (Å²) in [6, 6.07) is 0.294. The van der Waals surface area contributed by atoms with Gasteiger partial charge in [0.2, 0.25) is 11.8 Å². The van der Waals surface area contributed by atoms with E-state index in [0.29, 0.717) is 19.1 Å². The molecule has 4 heterocycles. The molecule has 3 aliphatic heterocycles. The van der Waals surface area contributed by atoms with Gasteiger partial charge in [0.05, 0.1) is 31.0 Å². The van der Waals surface area contributed by atoms with Crippen molar-refractivity contribution < 1.29 is 14.3 Å². The number of H-pyrrole nitrogens is 1. The summed E-state index contributed by atoms with van der Waals surface area (Å²) in [7, 11) is 1.77. The highest BCUT2D eigenvalue weighted by Gasteiger charge is 2.67. The maximum absolute atomic E-state index is 13.5. The summed E-state index contributed by atoms with van der Waals surface area (Å²) >= 11 is 0. The monoisotopic (exact) mass is 384 g/mol. The number of rotatable bonds is 4. The summed E-state index contributed by atoms with van der Waals surface area (Å²) in [5, 5.41) is 0. The Balaban J connectivity index is 1.37. The lowest BCUT2D eigenvalue weighted by Crippen LogP contribution is -2.45. The van der Waals surface area contributed by atoms with E-state index in [1.807, 2.05) is 17.1 Å². The zero-order valence-electron chi connectivity index (χ0n) is 16.3. The molecule has 1 N–H and O–H groups in total. The first-order valence-corrected chi connectivity index (χ1v) is 10.5. The van der Waals surface area contributed by atoms with Crippen LogP contribution in [0.25, 0.3) is 0 Å². The van der Waals surface area contributed by atoms with Crippen LogP contribution in [0.4, 0.5) is 0 Å². The summed E-state index contributed by atoms with van der Waals surface area (Å²) in [4.78, 5) is 37.7. The van der Waals surface area contributed by atoms with Gasteiger partial charge in [-0.1, -0.05) is 37.8 Å². The van der Waals surface area contributed by atoms with Crippen molar-refractivity contribution in [3.63, 3.8) is 0 Å². The van der Waals surface area contributed by atoms with Crippen molar-refractivity contribution in [3.8, 4) is 0 Å². The van der Waals surface area contributed by atoms with Crippen molar-refractivity contribution in [1.29, 1.82) is 0 Å². The van der Waals surface area contributed by atoms with Crippen LogP contribution in [0.5, 0.6) is 0 Å². The van der Waals surface area contributed by atoms with Gasteiger partial charge in [0.1, 0.15) is 11.4 Å². The van der Waals surface area contributed by atoms with Crippen molar-refractivity contribution in [2.45, 2.75) is 62.8 Å². The first-order chi connectivity index (χ1) is 13.6. The Morgan fingerprint density at radius 3 is 2.86 bits per heavy atom. The third-order valence-corrected chi connectivity index (χ3v) is 7.00. The first kappa shape index (κ1) is 17.9. The maximum atomic E-state index is 13.5. The lowest BCUT2D eigenvalue weighted by molar-refractivity contribution is -0.143. The molecule has 4 aliphatic rings. The molecule has 0 radical (unpaired) electrons. The molecule has 2 amide bonds. The SMILES string of the molecule is CN(Cc1ncc[nH]1)C(=O)[C@H]1[C@@H]2C=C[C@@]3(CN(C4CCCCCC4)C(=O)[C@@H]13)O2. The van der Waals surface area contributed by atoms with E-state index in [0.717, 1.165) is 18.7 Å². The smallest absolute Gasteiger partial charge is 0.230 e. The largest absolute Gasteiger partial charge is 0.360 e. The predicted octanol–water partition coefficient (Wildman–Crippen LogP) is 1.87. The lowest BCUT2D eigenvalue weighted by atomic mass is 9.76. The van der Waals surface area contributed by atoms with E-state index in [4.69, 9.17) is 4.74 Å². The van der Waals surface area contributed by atoms with Crippen LogP contribution < -0.4 is 0 Å². The van der Waals surface area contributed by atoms with Gasteiger partial charge in [-0.15, -0.1) is 0 Å². The molecule has 0 aromatic carbocycles. The highest BCUT2D eigenvalue weighted by atomic mass is 16.5. The average molecular weight is 384 g/mol. The molecular weight excluding hydrogens is 356 g/mol. The molecule has 28 heavy (non-hydrogen) atoms. The summed E-state index contributed by atoms with van der Waals surface area (Å²) < 4.78 is 6.28. The first-order valence-electron chi connectivity index (χ1n) is 10.5. The van der Waals surface area contributed by atoms with E-state index in [1.165, 1.54) is 25.7 Å². The van der Waals surface area contributed by atoms with Crippen molar-refractivity contribution in [2.24, 2.45) is 11.8 Å². The Bertz CT molecular complexity index is 784. The van der Waals surface area contributed by atoms with Gasteiger partial charge in [0, 0.05) is 25.5 Å². The number of likely N-dealkylation sites (tertiary alicyclic amines) is 1. The number of fused-ring (bicyclic) bond motifs is 1. The Labute approximate surface area is 165 Å². The minimum atomic E-state index is -0.611. The van der Waals surface area contributed by atoms with Crippen molar-refractivity contribution in [1.82, 2.24) is 19.8 Å². The second-order valence-corrected chi connectivity index (χ2v) is 8.74. The molecular formula is C21H28N4O3. The van der Waals surface area contributed by atoms with Crippen LogP contribution in [-0.4, -0.2) is 62.9 Å². The second-order valence-electron chi connectivity index (χ2n) is 8.74. The van der Waals surface area contributed by atoms with E-state index in [9.17, 15) is 9.59 Å². The third-order valence-electron chi connectivity index (χ3n) is 7.00. The summed E-state index contributed by atoms with van der Waals surface area (Å²) in [6.45, 7) is 0.999. The molecule has 1 spiro atoms. The van der Waals surface area contributed by atoms with Gasteiger partial charge < -0.3 is 19.5 Å². The standard InChI is InChI=1S/C21H28N4O3/c1-24(12-16-22-10-11-23-16)19(26)17-15-8-9-21(28-15)13-25(20(27)18(17)21)14-6-4-2-3-5-7-14/h8-11,14-15,17-18H,2-7,12-13H2,1H3,(H,22,23)/t15-,17-,18+,21-/m0/s1. The van der Waals surface area contributed by atoms with Crippen LogP contribution in [0.15, 0.2) is 24.5 Å². The number of imidazole rings is 1. The van der Waals surface area contributed by atoms with Crippen LogP contribution >= 0.6 is 0 Å². The van der Waals surface area contributed by atoms with Crippen LogP contribution in [0, 0.1) is 11.8 Å². The Kier molecular flexibility index (Phi) is 4.30. The zero-order chi connectivity index (χ0) is 19.3. The second kappa shape index (κ2) is 6.72. The number of hydrogen-bond acceptors (Lipinski definition) is 4. The number of aromatic nitrogens is 2. The van der Waals surface area contributed by atoms with E-state index < -0.39 is 17.4 Å². The quantitative estimate of drug-likeness (QED) is 0.635. The number of carbonyl (C=O) groups is 2. The van der Waals surface area contributed by atoms with Gasteiger partial charge in [0.25, 0.3) is 0 Å². The molecule has 3 fully saturated rings. The van der Waals surface area contributed by atoms with Gasteiger partial charge in [-0.3, -0.25) is 9.59 Å². The number of nitrogens with one attached hydrogen (secondary N) is 1. The summed E-state index contributed by atoms with van der Waals surface area (Å²) in [5.74, 6) is -0.00857. The zero-order valence-corrected chi connectivity index (χ0v) is 16.3. The number of carbonyl (C=O) groups excluding carboxylic acids is 2. The van der Waals surface area contributed by atoms with Crippen LogP contribution in [0.3, 0.4) is 0 Å². The molecule has 1 aromatic rings. The molecule has 1 saturated carbocycles. The predicted molar refractivity (Wildman–Crippen MR) is 102 cm³/mol. The topological polar surface area (TPSA) is 78.5 Å². The molecule has 2 saturated heterocycles. The minimum Gasteiger partial charge on any atom is -0.360 e. The highest BCUT2D eigenvalue weighted by molar-refractivity contribution is 5.93. The van der Waals surface area contributed by atoms with Gasteiger partial charge in [0.15, 0.2) is 0 Å². The van der Waals surface area contributed by atoms with Crippen LogP contribution in [0.1, 0.15) is 44.3 Å². The number of nitrogens with zero attached hydrogens (tertiary/aromatic N) is 3. The summed E-state index contributed by atoms with van der Waals surface area (Å²) in [5.41, 5.74) is -0.611. The maximum Gasteiger partial charge on any atom is 0.230 e. The number of aromatic amines is 1. The molecule has 1 aromatic heterocycles. The van der Waals surface area contributed by atoms with Crippen molar-refractivity contribution in [2.75, 3.05) is 13.6 Å². The van der Waals surface area contributed by atoms with E-state index in [1.54, 1.807) is 24.3 Å². The number of hydrogen-bond donors (Lipinski definition) is 1. The molecule has 7 heteroatoms. The Morgan fingerprint density at radius 2 is 2.14 bits per heavy atom. The van der Waals surface area contributed by atoms with E-state index in [2.05, 4.69) is 9.97 Å². The molecule has 4 atom stereocenters. The fourth-order valence-corrected chi connectivity index (χ4v) is 5.63. The molecule has 2 bridgehead atoms. The lowest BCUT2D eigenvalue weighted by Gasteiger charge is -2.30. The number of ether oxygens (including phenoxy) is 1. The average Bonchev–Trinajstić information content (AvgIpc) is 3.41. The van der Waals surface area contributed by atoms with E-state index >= 15 is 0 Å². The third kappa shape index (κ3) is 2.70. The van der Waals surface area contributed by atoms with Crippen molar-refractivity contribution >= 4 is 11.8 Å². The Hall–Kier alpha value is -2.15. The molecule has 1 aliphatic carbocycles. The fraction of sp³-hybridized carbons (Fsp3) is 0.667. The molecule has 7 nitrogen and oxygen atoms in total. The Morgan fingerprint density at radius 1 is 1.36 bits per heavy atom. The van der Waals surface area contributed by atoms with Crippen LogP contribution in [-0.2, 0) is 20.9 Å². The van der Waals surface area contributed by atoms with Gasteiger partial charge >= 0.3 is 0 Å². The fourth-order valence-electron chi connectivity index (χ4n) is 5.63. The van der Waals surface area contributed by atoms with Gasteiger partial charge in [-0.05, 0) is 12.8 Å². The highest BCUT2D eigenvalue weighted by Crippen LogP contribution is 2.53. The normalized spacial score (nSPS) is 34.7. The van der Waals surface area contributed by atoms with Crippen molar-refractivity contribution in [3.05, 3.63) is 30.4 Å². The van der Waals surface area contributed by atoms with Crippen LogP contribution in [0.2, 0.25) is 0 Å². The number of amides is 2. The van der Waals surface area contributed by atoms with Gasteiger partial charge in [-0.25, -0.2) is 4.98 Å². The molecule has 150 valence electrons.